The maximum atomic E-state index is 12.8. The maximum absolute atomic E-state index is 12.8. The van der Waals surface area contributed by atoms with Gasteiger partial charge in [0.05, 0.1) is 12.1 Å². The zero-order chi connectivity index (χ0) is 23.3. The van der Waals surface area contributed by atoms with E-state index in [-0.39, 0.29) is 30.3 Å². The maximum Gasteiger partial charge on any atom is 0.410 e. The van der Waals surface area contributed by atoms with E-state index in [1.807, 2.05) is 11.1 Å². The van der Waals surface area contributed by atoms with Gasteiger partial charge in [-0.15, -0.1) is 0 Å². The molecule has 1 aromatic heterocycles. The predicted octanol–water partition coefficient (Wildman–Crippen LogP) is 5.56. The largest absolute Gasteiger partial charge is 0.447 e. The van der Waals surface area contributed by atoms with Crippen molar-refractivity contribution in [1.82, 2.24) is 14.9 Å². The molecule has 32 heavy (non-hydrogen) atoms. The van der Waals surface area contributed by atoms with E-state index in [4.69, 9.17) is 14.5 Å². The molecule has 8 heteroatoms. The van der Waals surface area contributed by atoms with Crippen molar-refractivity contribution in [2.45, 2.75) is 77.4 Å². The standard InChI is InChI=1S/C24H35BrN4O3/c1-6-16-13-18(25)14-17-15-26-22(28-21(16)17)27-19-7-9-20(10-8-19)29(24(2,3)4)23(30)32-12-11-31-5/h13-15,19-20H,6-12H2,1-5H3,(H,26,27,28). The summed E-state index contributed by atoms with van der Waals surface area (Å²) in [6.07, 6.45) is 6.26. The third-order valence-electron chi connectivity index (χ3n) is 5.94. The average Bonchev–Trinajstić information content (AvgIpc) is 2.74. The van der Waals surface area contributed by atoms with Crippen molar-refractivity contribution in [2.24, 2.45) is 0 Å². The van der Waals surface area contributed by atoms with Gasteiger partial charge in [-0.1, -0.05) is 22.9 Å². The molecule has 1 aromatic carbocycles. The molecule has 0 atom stereocenters. The van der Waals surface area contributed by atoms with Crippen molar-refractivity contribution in [1.29, 1.82) is 0 Å². The summed E-state index contributed by atoms with van der Waals surface area (Å²) in [4.78, 5) is 24.0. The van der Waals surface area contributed by atoms with Crippen molar-refractivity contribution in [3.63, 3.8) is 0 Å². The van der Waals surface area contributed by atoms with E-state index >= 15 is 0 Å². The van der Waals surface area contributed by atoms with Gasteiger partial charge in [-0.25, -0.2) is 14.8 Å². The van der Waals surface area contributed by atoms with Gasteiger partial charge in [0.15, 0.2) is 0 Å². The molecule has 0 saturated heterocycles. The number of benzene rings is 1. The number of amides is 1. The van der Waals surface area contributed by atoms with Crippen LogP contribution in [0.4, 0.5) is 10.7 Å². The van der Waals surface area contributed by atoms with E-state index in [0.717, 1.165) is 47.5 Å². The third kappa shape index (κ3) is 6.10. The molecule has 0 aliphatic heterocycles. The van der Waals surface area contributed by atoms with Crippen LogP contribution in [-0.4, -0.2) is 58.9 Å². The topological polar surface area (TPSA) is 76.6 Å². The summed E-state index contributed by atoms with van der Waals surface area (Å²) in [5.74, 6) is 0.671. The van der Waals surface area contributed by atoms with Crippen LogP contribution in [0.15, 0.2) is 22.8 Å². The van der Waals surface area contributed by atoms with Crippen LogP contribution in [0.1, 0.15) is 58.9 Å². The van der Waals surface area contributed by atoms with Gasteiger partial charge >= 0.3 is 6.09 Å². The average molecular weight is 507 g/mol. The molecule has 1 aliphatic rings. The normalized spacial score (nSPS) is 19.1. The lowest BCUT2D eigenvalue weighted by molar-refractivity contribution is 0.0213. The quantitative estimate of drug-likeness (QED) is 0.495. The highest BCUT2D eigenvalue weighted by Crippen LogP contribution is 2.31. The zero-order valence-electron chi connectivity index (χ0n) is 19.8. The number of fused-ring (bicyclic) bond motifs is 1. The molecule has 1 N–H and O–H groups in total. The van der Waals surface area contributed by atoms with Crippen molar-refractivity contribution >= 4 is 38.9 Å². The van der Waals surface area contributed by atoms with Crippen molar-refractivity contribution in [2.75, 3.05) is 25.6 Å². The molecule has 2 aromatic rings. The van der Waals surface area contributed by atoms with E-state index in [1.54, 1.807) is 7.11 Å². The Bertz CT molecular complexity index is 923. The van der Waals surface area contributed by atoms with Gasteiger partial charge in [0, 0.05) is 40.8 Å². The van der Waals surface area contributed by atoms with E-state index in [1.165, 1.54) is 5.56 Å². The van der Waals surface area contributed by atoms with Gasteiger partial charge < -0.3 is 19.7 Å². The first-order valence-electron chi connectivity index (χ1n) is 11.4. The number of ether oxygens (including phenoxy) is 2. The Morgan fingerprint density at radius 1 is 1.22 bits per heavy atom. The van der Waals surface area contributed by atoms with E-state index in [0.29, 0.717) is 12.6 Å². The molecule has 3 rings (SSSR count). The number of nitrogens with one attached hydrogen (secondary N) is 1. The number of nitrogens with zero attached hydrogens (tertiary/aromatic N) is 3. The lowest BCUT2D eigenvalue weighted by Gasteiger charge is -2.43. The first-order chi connectivity index (χ1) is 15.2. The highest BCUT2D eigenvalue weighted by atomic mass is 79.9. The van der Waals surface area contributed by atoms with Gasteiger partial charge in [0.1, 0.15) is 6.61 Å². The van der Waals surface area contributed by atoms with Crippen LogP contribution in [0.25, 0.3) is 10.9 Å². The fourth-order valence-corrected chi connectivity index (χ4v) is 4.95. The van der Waals surface area contributed by atoms with Crippen molar-refractivity contribution in [3.8, 4) is 0 Å². The highest BCUT2D eigenvalue weighted by molar-refractivity contribution is 9.10. The number of rotatable bonds is 7. The van der Waals surface area contributed by atoms with Crippen molar-refractivity contribution in [3.05, 3.63) is 28.4 Å². The van der Waals surface area contributed by atoms with E-state index < -0.39 is 0 Å². The van der Waals surface area contributed by atoms with Crippen LogP contribution in [0, 0.1) is 0 Å². The molecule has 1 saturated carbocycles. The predicted molar refractivity (Wildman–Crippen MR) is 131 cm³/mol. The summed E-state index contributed by atoms with van der Waals surface area (Å²) in [5.41, 5.74) is 1.90. The lowest BCUT2D eigenvalue weighted by atomic mass is 9.88. The molecule has 7 nitrogen and oxygen atoms in total. The Morgan fingerprint density at radius 2 is 1.94 bits per heavy atom. The van der Waals surface area contributed by atoms with E-state index in [2.05, 4.69) is 66.1 Å². The first kappa shape index (κ1) is 24.7. The molecule has 0 spiro atoms. The fraction of sp³-hybridized carbons (Fsp3) is 0.625. The van der Waals surface area contributed by atoms with Crippen molar-refractivity contribution < 1.29 is 14.3 Å². The fourth-order valence-electron chi connectivity index (χ4n) is 4.43. The molecule has 0 bridgehead atoms. The highest BCUT2D eigenvalue weighted by Gasteiger charge is 2.36. The first-order valence-corrected chi connectivity index (χ1v) is 12.2. The Labute approximate surface area is 199 Å². The monoisotopic (exact) mass is 506 g/mol. The van der Waals surface area contributed by atoms with Crippen LogP contribution in [0.3, 0.4) is 0 Å². The minimum absolute atomic E-state index is 0.157. The van der Waals surface area contributed by atoms with Crippen LogP contribution in [0.2, 0.25) is 0 Å². The molecule has 0 radical (unpaired) electrons. The summed E-state index contributed by atoms with van der Waals surface area (Å²) >= 11 is 3.57. The van der Waals surface area contributed by atoms with Crippen LogP contribution >= 0.6 is 15.9 Å². The van der Waals surface area contributed by atoms with E-state index in [9.17, 15) is 4.79 Å². The van der Waals surface area contributed by atoms with Gasteiger partial charge in [0.2, 0.25) is 5.95 Å². The van der Waals surface area contributed by atoms with Gasteiger partial charge in [-0.05, 0) is 70.6 Å². The zero-order valence-corrected chi connectivity index (χ0v) is 21.4. The number of halogens is 1. The number of aromatic nitrogens is 2. The second kappa shape index (κ2) is 10.8. The lowest BCUT2D eigenvalue weighted by Crippen LogP contribution is -2.53. The Morgan fingerprint density at radius 3 is 2.56 bits per heavy atom. The molecule has 1 fully saturated rings. The Hall–Kier alpha value is -1.93. The number of aryl methyl sites for hydroxylation is 1. The van der Waals surface area contributed by atoms with Gasteiger partial charge in [0.25, 0.3) is 0 Å². The molecule has 1 amide bonds. The number of anilines is 1. The second-order valence-corrected chi connectivity index (χ2v) is 10.3. The Kier molecular flexibility index (Phi) is 8.33. The molecular formula is C24H35BrN4O3. The van der Waals surface area contributed by atoms with Crippen LogP contribution in [-0.2, 0) is 15.9 Å². The minimum Gasteiger partial charge on any atom is -0.447 e. The Balaban J connectivity index is 1.64. The molecule has 1 heterocycles. The van der Waals surface area contributed by atoms with Gasteiger partial charge in [-0.2, -0.15) is 0 Å². The number of carbonyl (C=O) groups excluding carboxylic acids is 1. The second-order valence-electron chi connectivity index (χ2n) is 9.35. The van der Waals surface area contributed by atoms with Crippen LogP contribution < -0.4 is 5.32 Å². The molecule has 1 aliphatic carbocycles. The summed E-state index contributed by atoms with van der Waals surface area (Å²) in [6, 6.07) is 4.62. The number of carbonyl (C=O) groups is 1. The number of methoxy groups -OCH3 is 1. The number of hydrogen-bond donors (Lipinski definition) is 1. The molecule has 176 valence electrons. The summed E-state index contributed by atoms with van der Waals surface area (Å²) in [7, 11) is 1.60. The molecular weight excluding hydrogens is 472 g/mol. The van der Waals surface area contributed by atoms with Gasteiger partial charge in [-0.3, -0.25) is 0 Å². The summed E-state index contributed by atoms with van der Waals surface area (Å²) in [5, 5.41) is 4.56. The number of hydrogen-bond acceptors (Lipinski definition) is 6. The smallest absolute Gasteiger partial charge is 0.410 e. The third-order valence-corrected chi connectivity index (χ3v) is 6.39. The van der Waals surface area contributed by atoms with Crippen LogP contribution in [0.5, 0.6) is 0 Å². The summed E-state index contributed by atoms with van der Waals surface area (Å²) < 4.78 is 11.5. The molecule has 0 unspecified atom stereocenters. The SMILES string of the molecule is CCc1cc(Br)cc2cnc(NC3CCC(N(C(=O)OCCOC)C(C)(C)C)CC3)nc12. The minimum atomic E-state index is -0.304. The summed E-state index contributed by atoms with van der Waals surface area (Å²) in [6.45, 7) is 8.99.